The van der Waals surface area contributed by atoms with E-state index in [4.69, 9.17) is 0 Å². The summed E-state index contributed by atoms with van der Waals surface area (Å²) in [4.78, 5) is 14.9. The van der Waals surface area contributed by atoms with E-state index in [0.29, 0.717) is 11.3 Å². The molecule has 1 amide bonds. The summed E-state index contributed by atoms with van der Waals surface area (Å²) in [6.45, 7) is 4.78. The van der Waals surface area contributed by atoms with E-state index in [1.54, 1.807) is 30.3 Å². The molecule has 27 heavy (non-hydrogen) atoms. The molecule has 6 heteroatoms. The third-order valence-electron chi connectivity index (χ3n) is 5.04. The summed E-state index contributed by atoms with van der Waals surface area (Å²) < 4.78 is 27.8. The maximum Gasteiger partial charge on any atom is 0.261 e. The Kier molecular flexibility index (Phi) is 5.85. The number of likely N-dealkylation sites (tertiary alicyclic amines) is 1. The van der Waals surface area contributed by atoms with E-state index in [0.717, 1.165) is 37.8 Å². The fourth-order valence-electron chi connectivity index (χ4n) is 3.56. The Labute approximate surface area is 161 Å². The Morgan fingerprint density at radius 3 is 2.56 bits per heavy atom. The van der Waals surface area contributed by atoms with Gasteiger partial charge in [-0.3, -0.25) is 9.52 Å². The molecule has 1 aliphatic rings. The van der Waals surface area contributed by atoms with E-state index in [-0.39, 0.29) is 16.8 Å². The fraction of sp³-hybridized carbons (Fsp3) is 0.381. The van der Waals surface area contributed by atoms with Gasteiger partial charge in [0.15, 0.2) is 0 Å². The monoisotopic (exact) mass is 386 g/mol. The minimum absolute atomic E-state index is 0.0165. The minimum atomic E-state index is -3.69. The smallest absolute Gasteiger partial charge is 0.261 e. The van der Waals surface area contributed by atoms with Crippen molar-refractivity contribution in [3.8, 4) is 0 Å². The van der Waals surface area contributed by atoms with Gasteiger partial charge >= 0.3 is 0 Å². The van der Waals surface area contributed by atoms with Crippen LogP contribution in [0.5, 0.6) is 0 Å². The normalized spacial score (nSPS) is 17.6. The highest BCUT2D eigenvalue weighted by Crippen LogP contribution is 2.23. The summed E-state index contributed by atoms with van der Waals surface area (Å²) in [6.07, 6.45) is 4.16. The standard InChI is InChI=1S/C21H26N2O3S/c1-3-19-9-4-5-14-23(19)21(24)17-10-12-20(13-11-17)27(25,26)22-18-8-6-7-16(2)15-18/h6-8,10-13,15,19,22H,3-5,9,14H2,1-2H3. The fourth-order valence-corrected chi connectivity index (χ4v) is 4.61. The highest BCUT2D eigenvalue weighted by molar-refractivity contribution is 7.92. The number of benzene rings is 2. The maximum atomic E-state index is 12.8. The number of hydrogen-bond acceptors (Lipinski definition) is 3. The summed E-state index contributed by atoms with van der Waals surface area (Å²) in [6, 6.07) is 13.7. The van der Waals surface area contributed by atoms with Crippen molar-refractivity contribution < 1.29 is 13.2 Å². The average molecular weight is 387 g/mol. The molecule has 1 N–H and O–H groups in total. The number of nitrogens with one attached hydrogen (secondary N) is 1. The van der Waals surface area contributed by atoms with Gasteiger partial charge in [0.2, 0.25) is 0 Å². The zero-order chi connectivity index (χ0) is 19.4. The van der Waals surface area contributed by atoms with Gasteiger partial charge in [-0.2, -0.15) is 0 Å². The Bertz CT molecular complexity index is 907. The van der Waals surface area contributed by atoms with Gasteiger partial charge in [-0.1, -0.05) is 19.1 Å². The van der Waals surface area contributed by atoms with Gasteiger partial charge in [-0.05, 0) is 74.6 Å². The SMILES string of the molecule is CCC1CCCCN1C(=O)c1ccc(S(=O)(=O)Nc2cccc(C)c2)cc1. The van der Waals surface area contributed by atoms with E-state index in [1.165, 1.54) is 12.1 Å². The van der Waals surface area contributed by atoms with Gasteiger partial charge in [0.05, 0.1) is 4.90 Å². The highest BCUT2D eigenvalue weighted by Gasteiger charge is 2.26. The molecule has 0 radical (unpaired) electrons. The van der Waals surface area contributed by atoms with Crippen LogP contribution in [0.3, 0.4) is 0 Å². The Morgan fingerprint density at radius 1 is 1.15 bits per heavy atom. The molecular weight excluding hydrogens is 360 g/mol. The van der Waals surface area contributed by atoms with Gasteiger partial charge in [0.25, 0.3) is 15.9 Å². The third-order valence-corrected chi connectivity index (χ3v) is 6.44. The number of amides is 1. The van der Waals surface area contributed by atoms with Crippen LogP contribution in [0.25, 0.3) is 0 Å². The van der Waals surface area contributed by atoms with Crippen LogP contribution < -0.4 is 4.72 Å². The Hall–Kier alpha value is -2.34. The number of sulfonamides is 1. The molecule has 2 aromatic carbocycles. The van der Waals surface area contributed by atoms with Gasteiger partial charge < -0.3 is 4.90 Å². The second kappa shape index (κ2) is 8.13. The molecular formula is C21H26N2O3S. The summed E-state index contributed by atoms with van der Waals surface area (Å²) in [5.41, 5.74) is 2.03. The largest absolute Gasteiger partial charge is 0.336 e. The second-order valence-electron chi connectivity index (χ2n) is 7.06. The number of rotatable bonds is 5. The summed E-state index contributed by atoms with van der Waals surface area (Å²) in [5.74, 6) is -0.0165. The number of nitrogens with zero attached hydrogens (tertiary/aromatic N) is 1. The third kappa shape index (κ3) is 4.50. The number of carbonyl (C=O) groups excluding carboxylic acids is 1. The van der Waals surface area contributed by atoms with E-state index >= 15 is 0 Å². The van der Waals surface area contributed by atoms with Gasteiger partial charge in [0.1, 0.15) is 0 Å². The molecule has 0 aromatic heterocycles. The van der Waals surface area contributed by atoms with Crippen molar-refractivity contribution in [1.82, 2.24) is 4.90 Å². The van der Waals surface area contributed by atoms with Crippen LogP contribution in [0.4, 0.5) is 5.69 Å². The van der Waals surface area contributed by atoms with Crippen LogP contribution >= 0.6 is 0 Å². The van der Waals surface area contributed by atoms with Gasteiger partial charge in [0, 0.05) is 23.8 Å². The van der Waals surface area contributed by atoms with Crippen LogP contribution in [0.2, 0.25) is 0 Å². The van der Waals surface area contributed by atoms with Crippen molar-refractivity contribution in [3.05, 3.63) is 59.7 Å². The molecule has 3 rings (SSSR count). The Morgan fingerprint density at radius 2 is 1.89 bits per heavy atom. The van der Waals surface area contributed by atoms with Gasteiger partial charge in [-0.15, -0.1) is 0 Å². The lowest BCUT2D eigenvalue weighted by molar-refractivity contribution is 0.0608. The van der Waals surface area contributed by atoms with Crippen molar-refractivity contribution in [2.45, 2.75) is 50.5 Å². The summed E-state index contributed by atoms with van der Waals surface area (Å²) >= 11 is 0. The zero-order valence-corrected chi connectivity index (χ0v) is 16.6. The molecule has 5 nitrogen and oxygen atoms in total. The maximum absolute atomic E-state index is 12.8. The highest BCUT2D eigenvalue weighted by atomic mass is 32.2. The van der Waals surface area contributed by atoms with E-state index in [1.807, 2.05) is 17.9 Å². The van der Waals surface area contributed by atoms with Crippen LogP contribution in [0.15, 0.2) is 53.4 Å². The van der Waals surface area contributed by atoms with Crippen molar-refractivity contribution in [1.29, 1.82) is 0 Å². The zero-order valence-electron chi connectivity index (χ0n) is 15.8. The van der Waals surface area contributed by atoms with Crippen LogP contribution in [0, 0.1) is 6.92 Å². The second-order valence-corrected chi connectivity index (χ2v) is 8.74. The van der Waals surface area contributed by atoms with Crippen molar-refractivity contribution in [2.75, 3.05) is 11.3 Å². The van der Waals surface area contributed by atoms with E-state index < -0.39 is 10.0 Å². The number of carbonyl (C=O) groups is 1. The van der Waals surface area contributed by atoms with E-state index in [9.17, 15) is 13.2 Å². The topological polar surface area (TPSA) is 66.5 Å². The first-order valence-corrected chi connectivity index (χ1v) is 10.9. The lowest BCUT2D eigenvalue weighted by atomic mass is 9.99. The molecule has 0 saturated carbocycles. The molecule has 1 fully saturated rings. The first-order chi connectivity index (χ1) is 12.9. The van der Waals surface area contributed by atoms with Crippen molar-refractivity contribution in [2.24, 2.45) is 0 Å². The number of piperidine rings is 1. The molecule has 1 aliphatic heterocycles. The first-order valence-electron chi connectivity index (χ1n) is 9.41. The number of aryl methyl sites for hydroxylation is 1. The number of hydrogen-bond donors (Lipinski definition) is 1. The minimum Gasteiger partial charge on any atom is -0.336 e. The van der Waals surface area contributed by atoms with Crippen molar-refractivity contribution >= 4 is 21.6 Å². The summed E-state index contributed by atoms with van der Waals surface area (Å²) in [7, 11) is -3.69. The summed E-state index contributed by atoms with van der Waals surface area (Å²) in [5, 5.41) is 0. The predicted octanol–water partition coefficient (Wildman–Crippen LogP) is 4.20. The molecule has 1 atom stereocenters. The Balaban J connectivity index is 1.77. The lowest BCUT2D eigenvalue weighted by Crippen LogP contribution is -2.43. The molecule has 1 saturated heterocycles. The molecule has 2 aromatic rings. The molecule has 0 bridgehead atoms. The quantitative estimate of drug-likeness (QED) is 0.837. The van der Waals surface area contributed by atoms with Crippen LogP contribution in [-0.2, 0) is 10.0 Å². The lowest BCUT2D eigenvalue weighted by Gasteiger charge is -2.35. The predicted molar refractivity (Wildman–Crippen MR) is 107 cm³/mol. The molecule has 0 aliphatic carbocycles. The number of anilines is 1. The molecule has 1 unspecified atom stereocenters. The van der Waals surface area contributed by atoms with Crippen LogP contribution in [0.1, 0.15) is 48.5 Å². The van der Waals surface area contributed by atoms with E-state index in [2.05, 4.69) is 11.6 Å². The molecule has 1 heterocycles. The average Bonchev–Trinajstić information content (AvgIpc) is 2.67. The first kappa shape index (κ1) is 19.4. The van der Waals surface area contributed by atoms with Crippen LogP contribution in [-0.4, -0.2) is 31.8 Å². The van der Waals surface area contributed by atoms with Gasteiger partial charge in [-0.25, -0.2) is 8.42 Å². The molecule has 0 spiro atoms. The van der Waals surface area contributed by atoms with Crippen molar-refractivity contribution in [3.63, 3.8) is 0 Å². The molecule has 144 valence electrons.